The van der Waals surface area contributed by atoms with E-state index in [1.807, 2.05) is 0 Å². The summed E-state index contributed by atoms with van der Waals surface area (Å²) in [6, 6.07) is 0. The molecule has 0 aromatic heterocycles. The summed E-state index contributed by atoms with van der Waals surface area (Å²) in [6.45, 7) is 7.68. The van der Waals surface area contributed by atoms with Crippen molar-refractivity contribution in [3.8, 4) is 11.5 Å². The number of fused-ring (bicyclic) bond motifs is 3. The van der Waals surface area contributed by atoms with Crippen LogP contribution in [0.1, 0.15) is 46.4 Å². The molecule has 0 spiro atoms. The second kappa shape index (κ2) is 5.00. The van der Waals surface area contributed by atoms with Crippen LogP contribution in [0, 0.1) is 12.8 Å². The average molecular weight is 306 g/mol. The lowest BCUT2D eigenvalue weighted by molar-refractivity contribution is -0.0571. The number of aliphatic hydroxyl groups excluding tert-OH is 2. The molecule has 2 N–H and O–H groups in total. The summed E-state index contributed by atoms with van der Waals surface area (Å²) in [6.07, 6.45) is -2.36. The van der Waals surface area contributed by atoms with Crippen molar-refractivity contribution in [1.29, 1.82) is 0 Å². The summed E-state index contributed by atoms with van der Waals surface area (Å²) in [5.41, 5.74) is 2.12. The average Bonchev–Trinajstić information content (AvgIpc) is 2.74. The molecule has 0 radical (unpaired) electrons. The van der Waals surface area contributed by atoms with E-state index >= 15 is 0 Å². The minimum Gasteiger partial charge on any atom is -0.495 e. The van der Waals surface area contributed by atoms with Crippen molar-refractivity contribution in [1.82, 2.24) is 0 Å². The quantitative estimate of drug-likeness (QED) is 0.640. The van der Waals surface area contributed by atoms with Gasteiger partial charge in [-0.15, -0.1) is 0 Å². The van der Waals surface area contributed by atoms with Crippen molar-refractivity contribution in [2.45, 2.75) is 26.2 Å². The first-order valence-corrected chi connectivity index (χ1v) is 6.98. The van der Waals surface area contributed by atoms with Gasteiger partial charge in [0.2, 0.25) is 6.29 Å². The van der Waals surface area contributed by atoms with Crippen LogP contribution >= 0.6 is 0 Å². The van der Waals surface area contributed by atoms with E-state index in [9.17, 15) is 15.0 Å². The fourth-order valence-corrected chi connectivity index (χ4v) is 3.16. The third kappa shape index (κ3) is 1.84. The number of methoxy groups -OCH3 is 1. The van der Waals surface area contributed by atoms with E-state index in [-0.39, 0.29) is 23.7 Å². The molecule has 0 bridgehead atoms. The maximum Gasteiger partial charge on any atom is 0.345 e. The fourth-order valence-electron chi connectivity index (χ4n) is 3.16. The Morgan fingerprint density at radius 3 is 2.64 bits per heavy atom. The molecule has 1 aromatic carbocycles. The van der Waals surface area contributed by atoms with Crippen LogP contribution in [0.25, 0.3) is 0 Å². The Hall–Kier alpha value is -2.05. The third-order valence-corrected chi connectivity index (χ3v) is 4.30. The van der Waals surface area contributed by atoms with E-state index < -0.39 is 18.4 Å². The van der Waals surface area contributed by atoms with Crippen molar-refractivity contribution >= 4 is 5.97 Å². The molecule has 0 saturated heterocycles. The Bertz CT molecular complexity index is 678. The van der Waals surface area contributed by atoms with Crippen molar-refractivity contribution in [3.05, 3.63) is 34.4 Å². The molecule has 1 aromatic rings. The number of ether oxygens (including phenoxy) is 3. The van der Waals surface area contributed by atoms with Crippen LogP contribution < -0.4 is 9.47 Å². The van der Waals surface area contributed by atoms with Gasteiger partial charge < -0.3 is 24.4 Å². The lowest BCUT2D eigenvalue weighted by Crippen LogP contribution is -2.29. The van der Waals surface area contributed by atoms with Crippen molar-refractivity contribution in [2.75, 3.05) is 13.7 Å². The van der Waals surface area contributed by atoms with Gasteiger partial charge >= 0.3 is 5.97 Å². The standard InChI is InChI=1S/C16H18O6/c1-6(2)8-5-21-14-7(3)13(20-4)11-9(10(14)12(8)17)15(18)22-16(11)19/h8,12,15,17-18H,1,5H2,2-4H3/t8-,12-,15-/m1/s1. The first kappa shape index (κ1) is 14.9. The number of esters is 1. The van der Waals surface area contributed by atoms with Gasteiger partial charge in [0.1, 0.15) is 17.1 Å². The van der Waals surface area contributed by atoms with Gasteiger partial charge in [0.15, 0.2) is 0 Å². The van der Waals surface area contributed by atoms with Crippen molar-refractivity contribution in [2.24, 2.45) is 5.92 Å². The zero-order chi connectivity index (χ0) is 16.2. The van der Waals surface area contributed by atoms with Gasteiger partial charge in [-0.2, -0.15) is 0 Å². The topological polar surface area (TPSA) is 85.2 Å². The molecular formula is C16H18O6. The molecule has 0 unspecified atom stereocenters. The molecule has 2 heterocycles. The highest BCUT2D eigenvalue weighted by molar-refractivity contribution is 5.98. The molecule has 6 heteroatoms. The first-order valence-electron chi connectivity index (χ1n) is 6.98. The van der Waals surface area contributed by atoms with Crippen LogP contribution in [-0.2, 0) is 4.74 Å². The highest BCUT2D eigenvalue weighted by atomic mass is 16.6. The molecule has 0 aliphatic carbocycles. The number of cyclic esters (lactones) is 1. The van der Waals surface area contributed by atoms with Gasteiger partial charge in [-0.1, -0.05) is 12.2 Å². The van der Waals surface area contributed by atoms with E-state index in [0.29, 0.717) is 22.6 Å². The number of aliphatic hydroxyl groups is 2. The Balaban J connectivity index is 2.31. The number of hydrogen-bond donors (Lipinski definition) is 2. The lowest BCUT2D eigenvalue weighted by Gasteiger charge is -2.33. The molecule has 0 saturated carbocycles. The van der Waals surface area contributed by atoms with Gasteiger partial charge in [-0.05, 0) is 13.8 Å². The molecule has 118 valence electrons. The number of hydrogen-bond acceptors (Lipinski definition) is 6. The summed E-state index contributed by atoms with van der Waals surface area (Å²) in [7, 11) is 1.43. The minimum absolute atomic E-state index is 0.149. The first-order chi connectivity index (χ1) is 10.4. The third-order valence-electron chi connectivity index (χ3n) is 4.30. The molecule has 3 rings (SSSR count). The number of carbonyl (C=O) groups is 1. The Morgan fingerprint density at radius 2 is 2.05 bits per heavy atom. The zero-order valence-electron chi connectivity index (χ0n) is 12.7. The van der Waals surface area contributed by atoms with E-state index in [0.717, 1.165) is 5.57 Å². The van der Waals surface area contributed by atoms with Gasteiger partial charge in [-0.3, -0.25) is 0 Å². The predicted octanol–water partition coefficient (Wildman–Crippen LogP) is 1.78. The van der Waals surface area contributed by atoms with Crippen LogP contribution in [0.15, 0.2) is 12.2 Å². The zero-order valence-corrected chi connectivity index (χ0v) is 12.7. The van der Waals surface area contributed by atoms with E-state index in [1.54, 1.807) is 13.8 Å². The molecule has 0 amide bonds. The number of rotatable bonds is 2. The Labute approximate surface area is 127 Å². The molecule has 2 aliphatic heterocycles. The second-order valence-corrected chi connectivity index (χ2v) is 5.66. The molecule has 22 heavy (non-hydrogen) atoms. The van der Waals surface area contributed by atoms with Crippen molar-refractivity contribution < 1.29 is 29.2 Å². The van der Waals surface area contributed by atoms with Gasteiger partial charge in [0.25, 0.3) is 0 Å². The highest BCUT2D eigenvalue weighted by Crippen LogP contribution is 2.51. The van der Waals surface area contributed by atoms with E-state index in [2.05, 4.69) is 6.58 Å². The normalized spacial score (nSPS) is 25.9. The monoisotopic (exact) mass is 306 g/mol. The minimum atomic E-state index is -1.44. The van der Waals surface area contributed by atoms with Crippen LogP contribution in [0.2, 0.25) is 0 Å². The molecular weight excluding hydrogens is 288 g/mol. The summed E-state index contributed by atoms with van der Waals surface area (Å²) in [5.74, 6) is -0.253. The summed E-state index contributed by atoms with van der Waals surface area (Å²) in [4.78, 5) is 12.0. The molecule has 2 aliphatic rings. The smallest absolute Gasteiger partial charge is 0.345 e. The molecule has 0 fully saturated rings. The van der Waals surface area contributed by atoms with Crippen molar-refractivity contribution in [3.63, 3.8) is 0 Å². The van der Waals surface area contributed by atoms with E-state index in [1.165, 1.54) is 7.11 Å². The summed E-state index contributed by atoms with van der Waals surface area (Å²) >= 11 is 0. The van der Waals surface area contributed by atoms with Gasteiger partial charge in [0, 0.05) is 22.6 Å². The maximum atomic E-state index is 12.0. The summed E-state index contributed by atoms with van der Waals surface area (Å²) in [5, 5.41) is 20.8. The Kier molecular flexibility index (Phi) is 3.38. The SMILES string of the molecule is C=C(C)[C@H]1COc2c(C)c(OC)c3c(c2[C@@H]1O)[C@H](O)OC3=O. The maximum absolute atomic E-state index is 12.0. The summed E-state index contributed by atoms with van der Waals surface area (Å²) < 4.78 is 15.9. The van der Waals surface area contributed by atoms with Crippen LogP contribution in [0.3, 0.4) is 0 Å². The van der Waals surface area contributed by atoms with Crippen LogP contribution in [0.5, 0.6) is 11.5 Å². The van der Waals surface area contributed by atoms with Crippen LogP contribution in [-0.4, -0.2) is 29.9 Å². The fraction of sp³-hybridized carbons (Fsp3) is 0.438. The van der Waals surface area contributed by atoms with Gasteiger partial charge in [-0.25, -0.2) is 4.79 Å². The molecule has 6 nitrogen and oxygen atoms in total. The lowest BCUT2D eigenvalue weighted by atomic mass is 9.83. The van der Waals surface area contributed by atoms with E-state index in [4.69, 9.17) is 14.2 Å². The number of benzene rings is 1. The second-order valence-electron chi connectivity index (χ2n) is 5.66. The van der Waals surface area contributed by atoms with Gasteiger partial charge in [0.05, 0.1) is 19.8 Å². The van der Waals surface area contributed by atoms with Crippen LogP contribution in [0.4, 0.5) is 0 Å². The molecule has 3 atom stereocenters. The highest BCUT2D eigenvalue weighted by Gasteiger charge is 2.44. The largest absolute Gasteiger partial charge is 0.495 e. The predicted molar refractivity (Wildman–Crippen MR) is 76.9 cm³/mol. The Morgan fingerprint density at radius 1 is 1.36 bits per heavy atom. The number of carbonyl (C=O) groups excluding carboxylic acids is 1.